The predicted molar refractivity (Wildman–Crippen MR) is 218 cm³/mol. The third-order valence-corrected chi connectivity index (χ3v) is 10.6. The van der Waals surface area contributed by atoms with Gasteiger partial charge in [0.2, 0.25) is 0 Å². The van der Waals surface area contributed by atoms with Crippen LogP contribution in [0.3, 0.4) is 0 Å². The van der Waals surface area contributed by atoms with Crippen molar-refractivity contribution in [3.8, 4) is 39.5 Å². The van der Waals surface area contributed by atoms with Crippen molar-refractivity contribution in [2.24, 2.45) is 0 Å². The fraction of sp³-hybridized carbons (Fsp3) is 0.0400. The summed E-state index contributed by atoms with van der Waals surface area (Å²) in [6.45, 7) is 2.24. The lowest BCUT2D eigenvalue weighted by molar-refractivity contribution is 0.163. The van der Waals surface area contributed by atoms with Crippen LogP contribution in [-0.4, -0.2) is 0 Å². The first-order valence-corrected chi connectivity index (χ1v) is 18.1. The van der Waals surface area contributed by atoms with Crippen LogP contribution >= 0.6 is 0 Å². The smallest absolute Gasteiger partial charge is 0.178 e. The molecule has 3 nitrogen and oxygen atoms in total. The Kier molecular flexibility index (Phi) is 7.26. The van der Waals surface area contributed by atoms with E-state index in [0.717, 1.165) is 56.4 Å². The Morgan fingerprint density at radius 2 is 1.09 bits per heavy atom. The highest BCUT2D eigenvalue weighted by Gasteiger charge is 2.40. The second-order valence-electron chi connectivity index (χ2n) is 13.7. The van der Waals surface area contributed by atoms with Crippen LogP contribution in [0, 0.1) is 6.92 Å². The quantitative estimate of drug-likeness (QED) is 0.167. The highest BCUT2D eigenvalue weighted by Crippen LogP contribution is 2.55. The first-order chi connectivity index (χ1) is 26.2. The van der Waals surface area contributed by atoms with Gasteiger partial charge in [-0.1, -0.05) is 127 Å². The lowest BCUT2D eigenvalue weighted by Crippen LogP contribution is -2.34. The third-order valence-electron chi connectivity index (χ3n) is 10.6. The van der Waals surface area contributed by atoms with Gasteiger partial charge in [0.15, 0.2) is 5.60 Å². The number of benzene rings is 8. The van der Waals surface area contributed by atoms with Crippen LogP contribution in [-0.2, 0) is 5.60 Å². The molecule has 0 N–H and O–H groups in total. The number of para-hydroxylation sites is 3. The average molecular weight is 682 g/mol. The van der Waals surface area contributed by atoms with E-state index >= 15 is 0 Å². The topological polar surface area (TPSA) is 21.7 Å². The van der Waals surface area contributed by atoms with E-state index in [-0.39, 0.29) is 0 Å². The molecule has 3 heteroatoms. The summed E-state index contributed by atoms with van der Waals surface area (Å²) in [4.78, 5) is 2.30. The molecule has 0 fully saturated rings. The number of rotatable bonds is 7. The van der Waals surface area contributed by atoms with Crippen molar-refractivity contribution in [3.05, 3.63) is 210 Å². The fourth-order valence-corrected chi connectivity index (χ4v) is 8.20. The number of ether oxygens (including phenoxy) is 2. The maximum atomic E-state index is 7.58. The summed E-state index contributed by atoms with van der Waals surface area (Å²) in [6, 6.07) is 63.4. The molecule has 10 rings (SSSR count). The maximum Gasteiger partial charge on any atom is 0.178 e. The van der Waals surface area contributed by atoms with E-state index < -0.39 is 5.60 Å². The summed E-state index contributed by atoms with van der Waals surface area (Å²) in [7, 11) is 0. The average Bonchev–Trinajstić information content (AvgIpc) is 3.57. The van der Waals surface area contributed by atoms with E-state index in [9.17, 15) is 0 Å². The Morgan fingerprint density at radius 1 is 0.509 bits per heavy atom. The molecule has 0 radical (unpaired) electrons. The zero-order valence-corrected chi connectivity index (χ0v) is 29.2. The summed E-state index contributed by atoms with van der Waals surface area (Å²) in [5, 5.41) is 2.38. The Morgan fingerprint density at radius 3 is 1.81 bits per heavy atom. The van der Waals surface area contributed by atoms with Crippen LogP contribution in [0.2, 0.25) is 0 Å². The first kappa shape index (κ1) is 30.9. The zero-order valence-electron chi connectivity index (χ0n) is 29.2. The molecule has 53 heavy (non-hydrogen) atoms. The Hall–Kier alpha value is -6.84. The van der Waals surface area contributed by atoms with Crippen LogP contribution in [0.4, 0.5) is 17.1 Å². The van der Waals surface area contributed by atoms with Crippen molar-refractivity contribution < 1.29 is 9.47 Å². The first-order valence-electron chi connectivity index (χ1n) is 18.1. The van der Waals surface area contributed by atoms with Crippen LogP contribution in [0.1, 0.15) is 22.3 Å². The molecule has 0 amide bonds. The molecular weight excluding hydrogens is 647 g/mol. The van der Waals surface area contributed by atoms with E-state index in [0.29, 0.717) is 0 Å². The van der Waals surface area contributed by atoms with Crippen LogP contribution in [0.15, 0.2) is 188 Å². The molecule has 0 spiro atoms. The van der Waals surface area contributed by atoms with Gasteiger partial charge in [0.05, 0.1) is 0 Å². The molecule has 0 bridgehead atoms. The summed E-state index contributed by atoms with van der Waals surface area (Å²) in [6.07, 6.45) is 4.53. The van der Waals surface area contributed by atoms with Gasteiger partial charge in [-0.15, -0.1) is 0 Å². The normalized spacial score (nSPS) is 15.0. The lowest BCUT2D eigenvalue weighted by atomic mass is 9.81. The minimum absolute atomic E-state index is 0.766. The summed E-state index contributed by atoms with van der Waals surface area (Å²) in [5.74, 6) is 2.46. The van der Waals surface area contributed by atoms with Crippen molar-refractivity contribution in [2.75, 3.05) is 4.90 Å². The van der Waals surface area contributed by atoms with Crippen molar-refractivity contribution >= 4 is 33.9 Å². The van der Waals surface area contributed by atoms with Gasteiger partial charge in [-0.2, -0.15) is 0 Å². The minimum atomic E-state index is -0.939. The molecule has 1 aliphatic heterocycles. The molecule has 0 aromatic heterocycles. The molecule has 2 aliphatic rings. The maximum absolute atomic E-state index is 7.58. The van der Waals surface area contributed by atoms with E-state index in [2.05, 4.69) is 164 Å². The molecule has 1 heterocycles. The zero-order chi connectivity index (χ0) is 35.4. The second kappa shape index (κ2) is 12.4. The van der Waals surface area contributed by atoms with Gasteiger partial charge in [-0.25, -0.2) is 0 Å². The number of hydrogen-bond acceptors (Lipinski definition) is 3. The van der Waals surface area contributed by atoms with Crippen LogP contribution in [0.25, 0.3) is 39.1 Å². The van der Waals surface area contributed by atoms with Gasteiger partial charge in [0, 0.05) is 44.5 Å². The molecule has 0 saturated heterocycles. The molecule has 8 aromatic carbocycles. The fourth-order valence-electron chi connectivity index (χ4n) is 8.20. The molecule has 1 atom stereocenters. The van der Waals surface area contributed by atoms with Gasteiger partial charge >= 0.3 is 0 Å². The molecule has 0 saturated carbocycles. The van der Waals surface area contributed by atoms with Gasteiger partial charge in [-0.05, 0) is 101 Å². The Bertz CT molecular complexity index is 2630. The van der Waals surface area contributed by atoms with Gasteiger partial charge in [0.25, 0.3) is 0 Å². The largest absolute Gasteiger partial charge is 0.472 e. The summed E-state index contributed by atoms with van der Waals surface area (Å²) >= 11 is 0. The minimum Gasteiger partial charge on any atom is -0.472 e. The van der Waals surface area contributed by atoms with E-state index in [1.807, 2.05) is 42.5 Å². The molecule has 1 aliphatic carbocycles. The Labute approximate surface area is 309 Å². The number of hydrogen-bond donors (Lipinski definition) is 0. The monoisotopic (exact) mass is 681 g/mol. The standard InChI is InChI=1S/C50H35NO2/c1-34-42-31-32-50(35-27-29-41(30-28-35)52-40-21-9-4-10-22-40,53-49(42)46-26-14-25-45-43-23-11-12-24-44(43)47(34)48(45)46)36-15-13-20-39(33-36)51(37-16-5-2-6-17-37)38-18-7-3-8-19-38/h2-33H,1H3. The van der Waals surface area contributed by atoms with Crippen LogP contribution < -0.4 is 14.4 Å². The number of nitrogens with zero attached hydrogens (tertiary/aromatic N) is 1. The molecule has 1 unspecified atom stereocenters. The van der Waals surface area contributed by atoms with Crippen LogP contribution in [0.5, 0.6) is 17.2 Å². The van der Waals surface area contributed by atoms with Gasteiger partial charge in [0.1, 0.15) is 17.2 Å². The lowest BCUT2D eigenvalue weighted by Gasteiger charge is -2.38. The predicted octanol–water partition coefficient (Wildman–Crippen LogP) is 13.4. The van der Waals surface area contributed by atoms with Gasteiger partial charge < -0.3 is 14.4 Å². The third kappa shape index (κ3) is 5.04. The summed E-state index contributed by atoms with van der Waals surface area (Å²) < 4.78 is 13.8. The van der Waals surface area contributed by atoms with Crippen molar-refractivity contribution in [2.45, 2.75) is 12.5 Å². The molecule has 252 valence electrons. The van der Waals surface area contributed by atoms with E-state index in [1.165, 1.54) is 33.2 Å². The highest BCUT2D eigenvalue weighted by atomic mass is 16.5. The number of fused-ring (bicyclic) bond motifs is 5. The van der Waals surface area contributed by atoms with E-state index in [4.69, 9.17) is 9.47 Å². The molecule has 8 aromatic rings. The van der Waals surface area contributed by atoms with Crippen molar-refractivity contribution in [3.63, 3.8) is 0 Å². The Balaban J connectivity index is 1.17. The van der Waals surface area contributed by atoms with E-state index in [1.54, 1.807) is 0 Å². The summed E-state index contributed by atoms with van der Waals surface area (Å²) in [5.41, 5.74) is 11.8. The van der Waals surface area contributed by atoms with Crippen molar-refractivity contribution in [1.82, 2.24) is 0 Å². The van der Waals surface area contributed by atoms with Crippen molar-refractivity contribution in [1.29, 1.82) is 0 Å². The highest BCUT2D eigenvalue weighted by molar-refractivity contribution is 6.19. The second-order valence-corrected chi connectivity index (χ2v) is 13.7. The molecular formula is C50H35NO2. The SMILES string of the molecule is Cc1c2c(c3cccc4c3c1-c1ccccc1-4)OC(c1ccc(Oc3ccccc3)cc1)(c1cccc(N(c3ccccc3)c3ccccc3)c1)C=C2. The number of anilines is 3. The van der Waals surface area contributed by atoms with Gasteiger partial charge in [-0.3, -0.25) is 0 Å².